The Morgan fingerprint density at radius 2 is 1.36 bits per heavy atom. The van der Waals surface area contributed by atoms with Gasteiger partial charge in [0.2, 0.25) is 0 Å². The summed E-state index contributed by atoms with van der Waals surface area (Å²) in [7, 11) is 0. The van der Waals surface area contributed by atoms with Gasteiger partial charge < -0.3 is 0 Å². The number of hydrogen-bond acceptors (Lipinski definition) is 0. The van der Waals surface area contributed by atoms with Gasteiger partial charge in [-0.3, -0.25) is 0 Å². The Morgan fingerprint density at radius 3 is 1.86 bits per heavy atom. The van der Waals surface area contributed by atoms with E-state index >= 15 is 0 Å². The van der Waals surface area contributed by atoms with Gasteiger partial charge in [0.1, 0.15) is 0 Å². The van der Waals surface area contributed by atoms with E-state index in [1.807, 2.05) is 17.2 Å². The summed E-state index contributed by atoms with van der Waals surface area (Å²) in [4.78, 5) is 0. The highest BCUT2D eigenvalue weighted by Gasteiger charge is 2.22. The molecule has 1 saturated carbocycles. The van der Waals surface area contributed by atoms with Crippen LogP contribution < -0.4 is 0 Å². The van der Waals surface area contributed by atoms with Crippen molar-refractivity contribution >= 4 is 0 Å². The van der Waals surface area contributed by atoms with Crippen molar-refractivity contribution in [1.82, 2.24) is 0 Å². The summed E-state index contributed by atoms with van der Waals surface area (Å²) in [5, 5.41) is 0. The van der Waals surface area contributed by atoms with E-state index in [9.17, 15) is 0 Å². The van der Waals surface area contributed by atoms with Gasteiger partial charge in [-0.05, 0) is 70.1 Å². The maximum Gasteiger partial charge on any atom is -0.0226 e. The second kappa shape index (κ2) is 12.7. The monoisotopic (exact) mass is 302 g/mol. The first-order valence-corrected chi connectivity index (χ1v) is 9.72. The van der Waals surface area contributed by atoms with Crippen LogP contribution in [0.4, 0.5) is 0 Å². The lowest BCUT2D eigenvalue weighted by Crippen LogP contribution is -2.14. The van der Waals surface area contributed by atoms with Crippen molar-refractivity contribution in [2.75, 3.05) is 0 Å². The molecule has 0 aromatic heterocycles. The highest BCUT2D eigenvalue weighted by Crippen LogP contribution is 2.38. The lowest BCUT2D eigenvalue weighted by atomic mass is 9.76. The Balaban J connectivity index is 2.17. The second-order valence-electron chi connectivity index (χ2n) is 7.05. The van der Waals surface area contributed by atoms with Crippen molar-refractivity contribution in [3.05, 3.63) is 36.5 Å². The predicted octanol–water partition coefficient (Wildman–Crippen LogP) is 7.77. The van der Waals surface area contributed by atoms with Crippen molar-refractivity contribution in [3.63, 3.8) is 0 Å². The predicted molar refractivity (Wildman–Crippen MR) is 101 cm³/mol. The van der Waals surface area contributed by atoms with Gasteiger partial charge in [-0.15, -0.1) is 13.2 Å². The van der Waals surface area contributed by atoms with Crippen LogP contribution in [0.1, 0.15) is 96.8 Å². The zero-order valence-corrected chi connectivity index (χ0v) is 15.0. The molecule has 1 fully saturated rings. The molecule has 0 aromatic carbocycles. The van der Waals surface area contributed by atoms with Crippen LogP contribution in [0.3, 0.4) is 0 Å². The SMILES string of the molecule is C=CCCCCCCCCC(CCCCC=C)=C1CCC1C. The minimum atomic E-state index is 0.883. The first kappa shape index (κ1) is 19.3. The van der Waals surface area contributed by atoms with Crippen LogP contribution in [0, 0.1) is 5.92 Å². The Hall–Kier alpha value is -0.780. The maximum absolute atomic E-state index is 3.83. The van der Waals surface area contributed by atoms with Gasteiger partial charge in [-0.1, -0.05) is 55.9 Å². The molecular formula is C22H38. The minimum Gasteiger partial charge on any atom is -0.103 e. The Kier molecular flexibility index (Phi) is 11.2. The molecule has 0 nitrogen and oxygen atoms in total. The summed E-state index contributed by atoms with van der Waals surface area (Å²) < 4.78 is 0. The molecule has 1 aliphatic carbocycles. The van der Waals surface area contributed by atoms with E-state index in [4.69, 9.17) is 0 Å². The van der Waals surface area contributed by atoms with E-state index in [1.165, 1.54) is 89.9 Å². The van der Waals surface area contributed by atoms with Crippen molar-refractivity contribution in [1.29, 1.82) is 0 Å². The van der Waals surface area contributed by atoms with Gasteiger partial charge in [-0.25, -0.2) is 0 Å². The fourth-order valence-corrected chi connectivity index (χ4v) is 3.51. The van der Waals surface area contributed by atoms with E-state index < -0.39 is 0 Å². The van der Waals surface area contributed by atoms with E-state index in [1.54, 1.807) is 0 Å². The summed E-state index contributed by atoms with van der Waals surface area (Å²) in [5.74, 6) is 0.883. The van der Waals surface area contributed by atoms with E-state index in [2.05, 4.69) is 26.2 Å². The molecule has 0 heterocycles. The first-order valence-electron chi connectivity index (χ1n) is 9.72. The summed E-state index contributed by atoms with van der Waals surface area (Å²) in [6.07, 6.45) is 23.1. The number of unbranched alkanes of at least 4 members (excludes halogenated alkanes) is 8. The van der Waals surface area contributed by atoms with Gasteiger partial charge in [0.15, 0.2) is 0 Å². The molecule has 1 unspecified atom stereocenters. The van der Waals surface area contributed by atoms with Crippen LogP contribution in [-0.2, 0) is 0 Å². The zero-order valence-electron chi connectivity index (χ0n) is 15.0. The Labute approximate surface area is 139 Å². The highest BCUT2D eigenvalue weighted by atomic mass is 14.3. The van der Waals surface area contributed by atoms with Gasteiger partial charge in [0.05, 0.1) is 0 Å². The molecule has 0 saturated heterocycles. The van der Waals surface area contributed by atoms with Crippen molar-refractivity contribution in [2.24, 2.45) is 5.92 Å². The quantitative estimate of drug-likeness (QED) is 0.227. The summed E-state index contributed by atoms with van der Waals surface area (Å²) in [5.41, 5.74) is 3.65. The van der Waals surface area contributed by atoms with Crippen LogP contribution in [0.2, 0.25) is 0 Å². The van der Waals surface area contributed by atoms with E-state index in [-0.39, 0.29) is 0 Å². The average Bonchev–Trinajstić information content (AvgIpc) is 2.52. The molecule has 0 radical (unpaired) electrons. The Bertz CT molecular complexity index is 334. The van der Waals surface area contributed by atoms with Crippen molar-refractivity contribution in [3.8, 4) is 0 Å². The fraction of sp³-hybridized carbons (Fsp3) is 0.727. The van der Waals surface area contributed by atoms with Gasteiger partial charge in [-0.2, -0.15) is 0 Å². The fourth-order valence-electron chi connectivity index (χ4n) is 3.51. The number of hydrogen-bond donors (Lipinski definition) is 0. The number of rotatable bonds is 14. The highest BCUT2D eigenvalue weighted by molar-refractivity contribution is 5.22. The molecule has 1 atom stereocenters. The molecular weight excluding hydrogens is 264 g/mol. The van der Waals surface area contributed by atoms with Crippen molar-refractivity contribution < 1.29 is 0 Å². The third-order valence-corrected chi connectivity index (χ3v) is 5.17. The van der Waals surface area contributed by atoms with E-state index in [0.717, 1.165) is 5.92 Å². The Morgan fingerprint density at radius 1 is 0.864 bits per heavy atom. The minimum absolute atomic E-state index is 0.883. The molecule has 0 spiro atoms. The topological polar surface area (TPSA) is 0 Å². The molecule has 22 heavy (non-hydrogen) atoms. The van der Waals surface area contributed by atoms with Crippen LogP contribution in [0.15, 0.2) is 36.5 Å². The van der Waals surface area contributed by atoms with Gasteiger partial charge in [0.25, 0.3) is 0 Å². The lowest BCUT2D eigenvalue weighted by molar-refractivity contribution is 0.463. The normalized spacial score (nSPS) is 19.6. The third kappa shape index (κ3) is 8.01. The zero-order chi connectivity index (χ0) is 16.0. The molecule has 0 bridgehead atoms. The van der Waals surface area contributed by atoms with Crippen LogP contribution in [0.25, 0.3) is 0 Å². The van der Waals surface area contributed by atoms with E-state index in [0.29, 0.717) is 0 Å². The summed E-state index contributed by atoms with van der Waals surface area (Å²) in [6, 6.07) is 0. The summed E-state index contributed by atoms with van der Waals surface area (Å²) >= 11 is 0. The first-order chi connectivity index (χ1) is 10.8. The largest absolute Gasteiger partial charge is 0.103 e. The smallest absolute Gasteiger partial charge is 0.0226 e. The van der Waals surface area contributed by atoms with Gasteiger partial charge in [0, 0.05) is 0 Å². The third-order valence-electron chi connectivity index (χ3n) is 5.17. The standard InChI is InChI=1S/C22H38/c1-4-6-8-10-11-12-13-15-17-21(16-14-9-7-5-2)22-19-18-20(22)3/h4-5,20H,1-2,6-19H2,3H3. The molecule has 0 aliphatic heterocycles. The molecule has 1 aliphatic rings. The molecule has 1 rings (SSSR count). The summed E-state index contributed by atoms with van der Waals surface area (Å²) in [6.45, 7) is 10.0. The van der Waals surface area contributed by atoms with Crippen molar-refractivity contribution in [2.45, 2.75) is 96.8 Å². The van der Waals surface area contributed by atoms with Crippen LogP contribution in [0.5, 0.6) is 0 Å². The molecule has 126 valence electrons. The van der Waals surface area contributed by atoms with Gasteiger partial charge >= 0.3 is 0 Å². The second-order valence-corrected chi connectivity index (χ2v) is 7.05. The molecule has 0 heteroatoms. The maximum atomic E-state index is 3.83. The van der Waals surface area contributed by atoms with Crippen LogP contribution >= 0.6 is 0 Å². The molecule has 0 amide bonds. The lowest BCUT2D eigenvalue weighted by Gasteiger charge is -2.30. The molecule has 0 N–H and O–H groups in total. The van der Waals surface area contributed by atoms with Crippen LogP contribution in [-0.4, -0.2) is 0 Å². The average molecular weight is 303 g/mol. The number of allylic oxidation sites excluding steroid dienone is 4. The molecule has 0 aromatic rings.